The Morgan fingerprint density at radius 2 is 1.24 bits per heavy atom. The lowest BCUT2D eigenvalue weighted by atomic mass is 9.80. The summed E-state index contributed by atoms with van der Waals surface area (Å²) >= 11 is 0. The van der Waals surface area contributed by atoms with Gasteiger partial charge in [-0.1, -0.05) is 102 Å². The number of benzene rings is 4. The second kappa shape index (κ2) is 7.26. The molecule has 0 N–H and O–H groups in total. The van der Waals surface area contributed by atoms with Gasteiger partial charge in [-0.2, -0.15) is 0 Å². The molecule has 1 aliphatic rings. The summed E-state index contributed by atoms with van der Waals surface area (Å²) in [7, 11) is -0.221. The molecule has 0 radical (unpaired) electrons. The average Bonchev–Trinajstić information content (AvgIpc) is 2.72. The Labute approximate surface area is 175 Å². The van der Waals surface area contributed by atoms with Gasteiger partial charge >= 0.3 is 0 Å². The Balaban J connectivity index is 1.93. The van der Waals surface area contributed by atoms with Crippen LogP contribution in [-0.2, 0) is 12.8 Å². The molecule has 0 amide bonds. The summed E-state index contributed by atoms with van der Waals surface area (Å²) in [6.07, 6.45) is 2.29. The first-order chi connectivity index (χ1) is 14.1. The fourth-order valence-electron chi connectivity index (χ4n) is 5.35. The zero-order valence-corrected chi connectivity index (χ0v) is 18.8. The highest BCUT2D eigenvalue weighted by atomic mass is 31.1. The van der Waals surface area contributed by atoms with E-state index in [2.05, 4.69) is 94.4 Å². The van der Waals surface area contributed by atoms with Gasteiger partial charge in [-0.15, -0.1) is 0 Å². The lowest BCUT2D eigenvalue weighted by molar-refractivity contribution is 0.948. The standard InChI is InChI=1S/C28H29P/c1-18(2)29(19(3)4)25-11-7-9-21-14-16-23-17-15-22-13-12-20-8-5-6-10-24(20)26(22)28(23)27(21)25/h5-14,16,18-19H,15,17H2,1-4H3. The number of fused-ring (bicyclic) bond motifs is 7. The largest absolute Gasteiger partial charge is 0.0694 e. The molecule has 0 unspecified atom stereocenters. The van der Waals surface area contributed by atoms with E-state index in [0.29, 0.717) is 11.3 Å². The molecule has 0 nitrogen and oxygen atoms in total. The van der Waals surface area contributed by atoms with E-state index in [1.165, 1.54) is 43.8 Å². The number of aryl methyl sites for hydroxylation is 2. The monoisotopic (exact) mass is 396 g/mol. The summed E-state index contributed by atoms with van der Waals surface area (Å²) < 4.78 is 0. The molecule has 29 heavy (non-hydrogen) atoms. The molecular weight excluding hydrogens is 367 g/mol. The first-order valence-electron chi connectivity index (χ1n) is 10.9. The van der Waals surface area contributed by atoms with Crippen LogP contribution >= 0.6 is 7.92 Å². The molecule has 0 bridgehead atoms. The second-order valence-electron chi connectivity index (χ2n) is 8.89. The smallest absolute Gasteiger partial charge is 0.00251 e. The van der Waals surface area contributed by atoms with Crippen LogP contribution in [0.15, 0.2) is 66.7 Å². The maximum Gasteiger partial charge on any atom is -0.00251 e. The maximum absolute atomic E-state index is 2.42. The molecule has 4 aromatic rings. The van der Waals surface area contributed by atoms with Crippen LogP contribution < -0.4 is 5.30 Å². The topological polar surface area (TPSA) is 0 Å². The summed E-state index contributed by atoms with van der Waals surface area (Å²) in [5.74, 6) is 0. The van der Waals surface area contributed by atoms with Crippen molar-refractivity contribution in [2.45, 2.75) is 51.9 Å². The highest BCUT2D eigenvalue weighted by Gasteiger charge is 2.26. The number of rotatable bonds is 3. The van der Waals surface area contributed by atoms with Crippen LogP contribution in [0, 0.1) is 0 Å². The summed E-state index contributed by atoms with van der Waals surface area (Å²) in [5, 5.41) is 7.28. The fourth-order valence-corrected chi connectivity index (χ4v) is 8.42. The van der Waals surface area contributed by atoms with Crippen LogP contribution in [0.25, 0.3) is 32.7 Å². The second-order valence-corrected chi connectivity index (χ2v) is 12.3. The molecule has 0 atom stereocenters. The summed E-state index contributed by atoms with van der Waals surface area (Å²) in [6.45, 7) is 9.62. The van der Waals surface area contributed by atoms with Gasteiger partial charge in [0.05, 0.1) is 0 Å². The van der Waals surface area contributed by atoms with E-state index >= 15 is 0 Å². The third-order valence-corrected chi connectivity index (χ3v) is 9.58. The third-order valence-electron chi connectivity index (χ3n) is 6.43. The van der Waals surface area contributed by atoms with Gasteiger partial charge in [-0.3, -0.25) is 0 Å². The normalized spacial score (nSPS) is 13.5. The zero-order chi connectivity index (χ0) is 20.1. The average molecular weight is 397 g/mol. The number of hydrogen-bond donors (Lipinski definition) is 0. The van der Waals surface area contributed by atoms with Crippen molar-refractivity contribution < 1.29 is 0 Å². The Morgan fingerprint density at radius 3 is 1.97 bits per heavy atom. The lowest BCUT2D eigenvalue weighted by Gasteiger charge is -2.30. The third kappa shape index (κ3) is 3.01. The molecule has 0 aliphatic heterocycles. The Kier molecular flexibility index (Phi) is 4.72. The predicted molar refractivity (Wildman–Crippen MR) is 131 cm³/mol. The fraction of sp³-hybridized carbons (Fsp3) is 0.286. The lowest BCUT2D eigenvalue weighted by Crippen LogP contribution is -2.17. The predicted octanol–water partition coefficient (Wildman–Crippen LogP) is 7.68. The van der Waals surface area contributed by atoms with Gasteiger partial charge in [0.25, 0.3) is 0 Å². The zero-order valence-electron chi connectivity index (χ0n) is 17.9. The molecule has 4 aromatic carbocycles. The van der Waals surface area contributed by atoms with Gasteiger partial charge in [0.2, 0.25) is 0 Å². The molecule has 1 aliphatic carbocycles. The molecule has 0 saturated carbocycles. The van der Waals surface area contributed by atoms with Crippen LogP contribution in [0.3, 0.4) is 0 Å². The van der Waals surface area contributed by atoms with Crippen molar-refractivity contribution in [2.75, 3.05) is 0 Å². The van der Waals surface area contributed by atoms with Crippen LogP contribution in [0.2, 0.25) is 0 Å². The van der Waals surface area contributed by atoms with Crippen LogP contribution in [0.5, 0.6) is 0 Å². The van der Waals surface area contributed by atoms with Crippen molar-refractivity contribution in [3.05, 3.63) is 77.9 Å². The van der Waals surface area contributed by atoms with E-state index in [-0.39, 0.29) is 7.92 Å². The first-order valence-corrected chi connectivity index (χ1v) is 12.4. The summed E-state index contributed by atoms with van der Waals surface area (Å²) in [5.41, 5.74) is 7.41. The van der Waals surface area contributed by atoms with E-state index < -0.39 is 0 Å². The number of hydrogen-bond acceptors (Lipinski definition) is 0. The quantitative estimate of drug-likeness (QED) is 0.312. The Hall–Kier alpha value is -2.17. The van der Waals surface area contributed by atoms with Gasteiger partial charge in [0, 0.05) is 0 Å². The van der Waals surface area contributed by atoms with E-state index in [1.54, 1.807) is 5.30 Å². The van der Waals surface area contributed by atoms with E-state index in [1.807, 2.05) is 0 Å². The van der Waals surface area contributed by atoms with Gasteiger partial charge in [0.15, 0.2) is 0 Å². The summed E-state index contributed by atoms with van der Waals surface area (Å²) in [4.78, 5) is 0. The van der Waals surface area contributed by atoms with Crippen LogP contribution in [-0.4, -0.2) is 11.3 Å². The van der Waals surface area contributed by atoms with Gasteiger partial charge in [-0.25, -0.2) is 0 Å². The van der Waals surface area contributed by atoms with E-state index in [9.17, 15) is 0 Å². The van der Waals surface area contributed by atoms with Crippen molar-refractivity contribution in [1.29, 1.82) is 0 Å². The van der Waals surface area contributed by atoms with E-state index in [0.717, 1.165) is 12.8 Å². The Bertz CT molecular complexity index is 1210. The van der Waals surface area contributed by atoms with Crippen molar-refractivity contribution in [3.8, 4) is 11.1 Å². The molecule has 5 rings (SSSR count). The molecule has 146 valence electrons. The molecular formula is C28H29P. The minimum atomic E-state index is -0.221. The van der Waals surface area contributed by atoms with Crippen molar-refractivity contribution in [2.24, 2.45) is 0 Å². The van der Waals surface area contributed by atoms with E-state index in [4.69, 9.17) is 0 Å². The molecule has 0 aromatic heterocycles. The molecule has 0 saturated heterocycles. The minimum Gasteiger partial charge on any atom is -0.0694 e. The van der Waals surface area contributed by atoms with Crippen molar-refractivity contribution >= 4 is 34.8 Å². The van der Waals surface area contributed by atoms with Gasteiger partial charge in [-0.05, 0) is 73.3 Å². The minimum absolute atomic E-state index is 0.221. The highest BCUT2D eigenvalue weighted by Crippen LogP contribution is 2.50. The summed E-state index contributed by atoms with van der Waals surface area (Å²) in [6, 6.07) is 25.4. The van der Waals surface area contributed by atoms with Crippen molar-refractivity contribution in [3.63, 3.8) is 0 Å². The van der Waals surface area contributed by atoms with Gasteiger partial charge in [0.1, 0.15) is 0 Å². The molecule has 1 heteroatoms. The van der Waals surface area contributed by atoms with Crippen LogP contribution in [0.1, 0.15) is 38.8 Å². The molecule has 0 fully saturated rings. The maximum atomic E-state index is 2.42. The highest BCUT2D eigenvalue weighted by molar-refractivity contribution is 7.67. The SMILES string of the molecule is CC(C)P(c1cccc2ccc3c(c12)-c1c(ccc2ccccc12)CC3)C(C)C. The van der Waals surface area contributed by atoms with Gasteiger partial charge < -0.3 is 0 Å². The molecule has 0 spiro atoms. The molecule has 0 heterocycles. The first kappa shape index (κ1) is 18.8. The van der Waals surface area contributed by atoms with Crippen LogP contribution in [0.4, 0.5) is 0 Å². The van der Waals surface area contributed by atoms with Crippen molar-refractivity contribution in [1.82, 2.24) is 0 Å². The Morgan fingerprint density at radius 1 is 0.621 bits per heavy atom.